The minimum atomic E-state index is -1.00. The van der Waals surface area contributed by atoms with Crippen molar-refractivity contribution in [1.82, 2.24) is 9.80 Å². The number of benzene rings is 2. The molecule has 1 unspecified atom stereocenters. The Balaban J connectivity index is 1.61. The van der Waals surface area contributed by atoms with Gasteiger partial charge in [-0.2, -0.15) is 0 Å². The van der Waals surface area contributed by atoms with E-state index in [1.165, 1.54) is 24.8 Å². The van der Waals surface area contributed by atoms with Gasteiger partial charge in [0, 0.05) is 32.3 Å². The van der Waals surface area contributed by atoms with Crippen LogP contribution in [0.4, 0.5) is 4.39 Å². The number of rotatable bonds is 8. The first-order chi connectivity index (χ1) is 16.6. The second kappa shape index (κ2) is 12.3. The molecule has 3 rings (SSSR count). The van der Waals surface area contributed by atoms with Crippen LogP contribution in [0.15, 0.2) is 48.5 Å². The van der Waals surface area contributed by atoms with Crippen LogP contribution in [0.2, 0.25) is 0 Å². The van der Waals surface area contributed by atoms with Gasteiger partial charge in [0.25, 0.3) is 0 Å². The lowest BCUT2D eigenvalue weighted by Crippen LogP contribution is -2.48. The predicted octanol–water partition coefficient (Wildman–Crippen LogP) is 3.88. The lowest BCUT2D eigenvalue weighted by Gasteiger charge is -2.40. The van der Waals surface area contributed by atoms with Gasteiger partial charge in [-0.1, -0.05) is 36.1 Å². The van der Waals surface area contributed by atoms with Crippen LogP contribution in [0.3, 0.4) is 0 Å². The van der Waals surface area contributed by atoms with Crippen molar-refractivity contribution in [3.8, 4) is 11.8 Å². The number of methoxy groups -OCH3 is 1. The van der Waals surface area contributed by atoms with Crippen molar-refractivity contribution in [2.24, 2.45) is 5.92 Å². The van der Waals surface area contributed by atoms with E-state index < -0.39 is 5.60 Å². The summed E-state index contributed by atoms with van der Waals surface area (Å²) >= 11 is 0. The van der Waals surface area contributed by atoms with Gasteiger partial charge in [0.05, 0.1) is 0 Å². The largest absolute Gasteiger partial charge is 0.378 e. The summed E-state index contributed by atoms with van der Waals surface area (Å²) in [6.45, 7) is 6.19. The maximum atomic E-state index is 13.4. The third kappa shape index (κ3) is 8.47. The van der Waals surface area contributed by atoms with Gasteiger partial charge in [-0.15, -0.1) is 0 Å². The van der Waals surface area contributed by atoms with Crippen LogP contribution in [-0.2, 0) is 22.5 Å². The van der Waals surface area contributed by atoms with E-state index in [9.17, 15) is 14.3 Å². The van der Waals surface area contributed by atoms with Crippen molar-refractivity contribution >= 4 is 5.91 Å². The summed E-state index contributed by atoms with van der Waals surface area (Å²) in [5.41, 5.74) is 2.15. The first-order valence-electron chi connectivity index (χ1n) is 12.2. The highest BCUT2D eigenvalue weighted by Gasteiger charge is 2.31. The molecule has 1 aliphatic rings. The quantitative estimate of drug-likeness (QED) is 0.583. The second-order valence-electron chi connectivity index (χ2n) is 9.96. The second-order valence-corrected chi connectivity index (χ2v) is 9.96. The molecule has 1 amide bonds. The van der Waals surface area contributed by atoms with Gasteiger partial charge in [0.2, 0.25) is 5.91 Å². The Bertz CT molecular complexity index is 1010. The Labute approximate surface area is 208 Å². The summed E-state index contributed by atoms with van der Waals surface area (Å²) in [6.07, 6.45) is 2.68. The van der Waals surface area contributed by atoms with Crippen LogP contribution in [0.25, 0.3) is 0 Å². The molecule has 0 aliphatic carbocycles. The number of aliphatic hydroxyl groups is 1. The van der Waals surface area contributed by atoms with Gasteiger partial charge in [-0.3, -0.25) is 9.69 Å². The van der Waals surface area contributed by atoms with Gasteiger partial charge in [-0.05, 0) is 87.5 Å². The number of hydrogen-bond acceptors (Lipinski definition) is 4. The van der Waals surface area contributed by atoms with E-state index in [0.29, 0.717) is 12.3 Å². The SMILES string of the molecule is COCC(=O)N(C)C(Cc1ccc(F)cc1)C1CCN(Cc2ccc(C#CC(C)(C)O)cc2)CC1. The molecule has 1 fully saturated rings. The Hall–Kier alpha value is -2.72. The Kier molecular flexibility index (Phi) is 9.45. The molecular formula is C29H37FN2O3. The van der Waals surface area contributed by atoms with Crippen LogP contribution < -0.4 is 0 Å². The number of ether oxygens (including phenoxy) is 1. The summed E-state index contributed by atoms with van der Waals surface area (Å²) in [6, 6.07) is 14.8. The Morgan fingerprint density at radius 3 is 2.31 bits per heavy atom. The predicted molar refractivity (Wildman–Crippen MR) is 136 cm³/mol. The zero-order valence-corrected chi connectivity index (χ0v) is 21.3. The summed E-state index contributed by atoms with van der Waals surface area (Å²) in [5, 5.41) is 9.77. The van der Waals surface area contributed by atoms with Crippen molar-refractivity contribution < 1.29 is 19.0 Å². The van der Waals surface area contributed by atoms with Crippen LogP contribution in [0.5, 0.6) is 0 Å². The third-order valence-electron chi connectivity index (χ3n) is 6.57. The van der Waals surface area contributed by atoms with Crippen molar-refractivity contribution in [2.45, 2.75) is 51.3 Å². The maximum Gasteiger partial charge on any atom is 0.248 e. The lowest BCUT2D eigenvalue weighted by molar-refractivity contribution is -0.137. The monoisotopic (exact) mass is 480 g/mol. The molecular weight excluding hydrogens is 443 g/mol. The van der Waals surface area contributed by atoms with E-state index >= 15 is 0 Å². The number of carbonyl (C=O) groups is 1. The van der Waals surface area contributed by atoms with E-state index in [0.717, 1.165) is 43.6 Å². The fraction of sp³-hybridized carbons (Fsp3) is 0.483. The molecule has 1 heterocycles. The first-order valence-corrected chi connectivity index (χ1v) is 12.2. The van der Waals surface area contributed by atoms with Crippen molar-refractivity contribution in [1.29, 1.82) is 0 Å². The molecule has 2 aromatic rings. The summed E-state index contributed by atoms with van der Waals surface area (Å²) in [7, 11) is 3.38. The van der Waals surface area contributed by atoms with Gasteiger partial charge >= 0.3 is 0 Å². The normalized spacial score (nSPS) is 15.8. The first kappa shape index (κ1) is 26.9. The molecule has 1 atom stereocenters. The Morgan fingerprint density at radius 2 is 1.74 bits per heavy atom. The molecule has 0 bridgehead atoms. The number of nitrogens with zero attached hydrogens (tertiary/aromatic N) is 2. The molecule has 1 saturated heterocycles. The minimum Gasteiger partial charge on any atom is -0.378 e. The van der Waals surface area contributed by atoms with Gasteiger partial charge in [0.15, 0.2) is 0 Å². The molecule has 0 aromatic heterocycles. The Morgan fingerprint density at radius 1 is 1.14 bits per heavy atom. The minimum absolute atomic E-state index is 0.0326. The van der Waals surface area contributed by atoms with Crippen molar-refractivity contribution in [3.05, 3.63) is 71.0 Å². The molecule has 1 aliphatic heterocycles. The van der Waals surface area contributed by atoms with E-state index in [1.54, 1.807) is 13.8 Å². The molecule has 0 saturated carbocycles. The zero-order chi connectivity index (χ0) is 25.4. The average molecular weight is 481 g/mol. The standard InChI is InChI=1S/C29H37FN2O3/c1-29(2,34)16-13-22-5-7-24(8-6-22)20-32-17-14-25(15-18-32)27(31(3)28(33)21-35-4)19-23-9-11-26(30)12-10-23/h5-12,25,27,34H,14-15,17-21H2,1-4H3. The molecule has 6 heteroatoms. The maximum absolute atomic E-state index is 13.4. The third-order valence-corrected chi connectivity index (χ3v) is 6.57. The number of amides is 1. The topological polar surface area (TPSA) is 53.0 Å². The summed E-state index contributed by atoms with van der Waals surface area (Å²) in [5.74, 6) is 5.93. The highest BCUT2D eigenvalue weighted by Crippen LogP contribution is 2.27. The average Bonchev–Trinajstić information content (AvgIpc) is 2.83. The highest BCUT2D eigenvalue weighted by atomic mass is 19.1. The lowest BCUT2D eigenvalue weighted by atomic mass is 9.84. The van der Waals surface area contributed by atoms with Crippen LogP contribution >= 0.6 is 0 Å². The van der Waals surface area contributed by atoms with Crippen molar-refractivity contribution in [2.75, 3.05) is 33.9 Å². The molecule has 2 aromatic carbocycles. The van der Waals surface area contributed by atoms with Crippen LogP contribution in [-0.4, -0.2) is 66.3 Å². The zero-order valence-electron chi connectivity index (χ0n) is 21.3. The number of hydrogen-bond donors (Lipinski definition) is 1. The van der Waals surface area contributed by atoms with Crippen LogP contribution in [0.1, 0.15) is 43.4 Å². The number of halogens is 1. The number of likely N-dealkylation sites (tertiary alicyclic amines) is 1. The number of carbonyl (C=O) groups excluding carboxylic acids is 1. The molecule has 0 radical (unpaired) electrons. The molecule has 35 heavy (non-hydrogen) atoms. The van der Waals surface area contributed by atoms with Gasteiger partial charge < -0.3 is 14.7 Å². The summed E-state index contributed by atoms with van der Waals surface area (Å²) in [4.78, 5) is 16.9. The highest BCUT2D eigenvalue weighted by molar-refractivity contribution is 5.77. The molecule has 0 spiro atoms. The van der Waals surface area contributed by atoms with E-state index in [4.69, 9.17) is 4.74 Å². The fourth-order valence-electron chi connectivity index (χ4n) is 4.56. The van der Waals surface area contributed by atoms with Gasteiger partial charge in [0.1, 0.15) is 18.0 Å². The molecule has 1 N–H and O–H groups in total. The number of piperidine rings is 1. The van der Waals surface area contributed by atoms with E-state index in [2.05, 4.69) is 28.9 Å². The van der Waals surface area contributed by atoms with Crippen molar-refractivity contribution in [3.63, 3.8) is 0 Å². The molecule has 5 nitrogen and oxygen atoms in total. The summed E-state index contributed by atoms with van der Waals surface area (Å²) < 4.78 is 18.5. The fourth-order valence-corrected chi connectivity index (χ4v) is 4.56. The van der Waals surface area contributed by atoms with E-state index in [-0.39, 0.29) is 24.4 Å². The smallest absolute Gasteiger partial charge is 0.248 e. The van der Waals surface area contributed by atoms with Gasteiger partial charge in [-0.25, -0.2) is 4.39 Å². The van der Waals surface area contributed by atoms with Crippen LogP contribution in [0, 0.1) is 23.6 Å². The van der Waals surface area contributed by atoms with E-state index in [1.807, 2.05) is 36.2 Å². The molecule has 188 valence electrons. The number of likely N-dealkylation sites (N-methyl/N-ethyl adjacent to an activating group) is 1.